The maximum absolute atomic E-state index is 12.9. The predicted molar refractivity (Wildman–Crippen MR) is 127 cm³/mol. The zero-order valence-electron chi connectivity index (χ0n) is 18.6. The molecule has 7 heteroatoms. The summed E-state index contributed by atoms with van der Waals surface area (Å²) >= 11 is 1.63. The molecular formula is C23H34N2O3S2. The summed E-state index contributed by atoms with van der Waals surface area (Å²) in [6.45, 7) is 9.93. The third-order valence-electron chi connectivity index (χ3n) is 5.43. The molecule has 0 unspecified atom stereocenters. The average molecular weight is 451 g/mol. The van der Waals surface area contributed by atoms with Crippen LogP contribution in [-0.2, 0) is 14.8 Å². The van der Waals surface area contributed by atoms with Crippen LogP contribution >= 0.6 is 11.8 Å². The molecule has 1 aliphatic rings. The van der Waals surface area contributed by atoms with Crippen molar-refractivity contribution in [1.82, 2.24) is 4.72 Å². The second-order valence-corrected chi connectivity index (χ2v) is 10.8. The topological polar surface area (TPSA) is 75.3 Å². The lowest BCUT2D eigenvalue weighted by Crippen LogP contribution is -2.38. The molecule has 0 fully saturated rings. The summed E-state index contributed by atoms with van der Waals surface area (Å²) < 4.78 is 28.7. The SMILES string of the molecule is CCCC(CCC)[C@@H](C)NS(=O)(=O)c1ccc(NC(=O)C2=C(C)SCC=C2)c(C)c1. The summed E-state index contributed by atoms with van der Waals surface area (Å²) in [6.07, 6.45) is 7.88. The molecule has 1 amide bonds. The number of sulfonamides is 1. The third kappa shape index (κ3) is 6.46. The zero-order chi connectivity index (χ0) is 22.3. The van der Waals surface area contributed by atoms with Gasteiger partial charge in [-0.15, -0.1) is 11.8 Å². The van der Waals surface area contributed by atoms with Crippen LogP contribution in [0.3, 0.4) is 0 Å². The highest BCUT2D eigenvalue weighted by Crippen LogP contribution is 2.27. The number of hydrogen-bond donors (Lipinski definition) is 2. The molecule has 0 radical (unpaired) electrons. The van der Waals surface area contributed by atoms with Gasteiger partial charge in [0.05, 0.1) is 4.90 Å². The molecule has 1 aromatic carbocycles. The van der Waals surface area contributed by atoms with E-state index in [9.17, 15) is 13.2 Å². The Labute approximate surface area is 185 Å². The number of thioether (sulfide) groups is 1. The summed E-state index contributed by atoms with van der Waals surface area (Å²) in [5.41, 5.74) is 1.98. The minimum Gasteiger partial charge on any atom is -0.322 e. The van der Waals surface area contributed by atoms with Gasteiger partial charge in [0.15, 0.2) is 0 Å². The highest BCUT2D eigenvalue weighted by molar-refractivity contribution is 8.03. The molecule has 1 heterocycles. The van der Waals surface area contributed by atoms with Gasteiger partial charge in [-0.2, -0.15) is 0 Å². The molecule has 1 atom stereocenters. The van der Waals surface area contributed by atoms with E-state index in [1.165, 1.54) is 0 Å². The molecule has 1 aromatic rings. The average Bonchev–Trinajstić information content (AvgIpc) is 2.69. The van der Waals surface area contributed by atoms with Gasteiger partial charge in [0.1, 0.15) is 0 Å². The highest BCUT2D eigenvalue weighted by atomic mass is 32.2. The Morgan fingerprint density at radius 3 is 2.40 bits per heavy atom. The summed E-state index contributed by atoms with van der Waals surface area (Å²) in [4.78, 5) is 13.8. The van der Waals surface area contributed by atoms with Crippen LogP contribution in [0.5, 0.6) is 0 Å². The quantitative estimate of drug-likeness (QED) is 0.501. The first kappa shape index (κ1) is 24.7. The fourth-order valence-electron chi connectivity index (χ4n) is 3.70. The molecule has 166 valence electrons. The molecule has 0 bridgehead atoms. The van der Waals surface area contributed by atoms with Crippen LogP contribution in [0.25, 0.3) is 0 Å². The first-order valence-electron chi connectivity index (χ1n) is 10.6. The number of allylic oxidation sites excluding steroid dienone is 1. The first-order valence-corrected chi connectivity index (χ1v) is 13.1. The highest BCUT2D eigenvalue weighted by Gasteiger charge is 2.23. The number of carbonyl (C=O) groups is 1. The van der Waals surface area contributed by atoms with Gasteiger partial charge >= 0.3 is 0 Å². The molecule has 5 nitrogen and oxygen atoms in total. The standard InChI is InChI=1S/C23H34N2O3S2/c1-6-9-19(10-7-2)17(4)25-30(27,28)20-12-13-22(16(3)15-20)24-23(26)21-11-8-14-29-18(21)5/h8,11-13,15,17,19,25H,6-7,9-10,14H2,1-5H3,(H,24,26)/t17-/m1/s1. The number of aryl methyl sites for hydroxylation is 1. The number of rotatable bonds is 10. The van der Waals surface area contributed by atoms with E-state index in [4.69, 9.17) is 0 Å². The van der Waals surface area contributed by atoms with Crippen molar-refractivity contribution in [2.45, 2.75) is 71.2 Å². The number of nitrogens with one attached hydrogen (secondary N) is 2. The number of hydrogen-bond acceptors (Lipinski definition) is 4. The Balaban J connectivity index is 2.15. The fraction of sp³-hybridized carbons (Fsp3) is 0.522. The summed E-state index contributed by atoms with van der Waals surface area (Å²) in [5, 5.41) is 2.90. The molecule has 0 spiro atoms. The Hall–Kier alpha value is -1.57. The predicted octanol–water partition coefficient (Wildman–Crippen LogP) is 5.39. The maximum Gasteiger partial charge on any atom is 0.256 e. The largest absolute Gasteiger partial charge is 0.322 e. The van der Waals surface area contributed by atoms with E-state index in [1.54, 1.807) is 30.0 Å². The van der Waals surface area contributed by atoms with Crippen molar-refractivity contribution < 1.29 is 13.2 Å². The van der Waals surface area contributed by atoms with Crippen LogP contribution in [0.15, 0.2) is 45.7 Å². The van der Waals surface area contributed by atoms with Gasteiger partial charge in [-0.1, -0.05) is 38.8 Å². The number of amides is 1. The van der Waals surface area contributed by atoms with Crippen molar-refractivity contribution in [3.8, 4) is 0 Å². The third-order valence-corrected chi connectivity index (χ3v) is 8.00. The van der Waals surface area contributed by atoms with Gasteiger partial charge in [-0.3, -0.25) is 4.79 Å². The van der Waals surface area contributed by atoms with E-state index in [-0.39, 0.29) is 16.8 Å². The van der Waals surface area contributed by atoms with E-state index in [0.29, 0.717) is 22.7 Å². The Kier molecular flexibility index (Phi) is 9.19. The summed E-state index contributed by atoms with van der Waals surface area (Å²) in [6, 6.07) is 4.71. The summed E-state index contributed by atoms with van der Waals surface area (Å²) in [5.74, 6) is 1.02. The second-order valence-electron chi connectivity index (χ2n) is 7.86. The fourth-order valence-corrected chi connectivity index (χ4v) is 5.85. The van der Waals surface area contributed by atoms with Crippen LogP contribution in [0.2, 0.25) is 0 Å². The summed E-state index contributed by atoms with van der Waals surface area (Å²) in [7, 11) is -3.62. The van der Waals surface area contributed by atoms with Crippen molar-refractivity contribution in [3.63, 3.8) is 0 Å². The molecule has 1 aliphatic heterocycles. The van der Waals surface area contributed by atoms with Crippen LogP contribution in [0, 0.1) is 12.8 Å². The van der Waals surface area contributed by atoms with Gasteiger partial charge < -0.3 is 5.32 Å². The van der Waals surface area contributed by atoms with Gasteiger partial charge in [0, 0.05) is 23.1 Å². The van der Waals surface area contributed by atoms with Crippen LogP contribution < -0.4 is 10.0 Å². The lowest BCUT2D eigenvalue weighted by Gasteiger charge is -2.24. The van der Waals surface area contributed by atoms with E-state index < -0.39 is 10.0 Å². The molecule has 0 saturated carbocycles. The first-order chi connectivity index (χ1) is 14.2. The monoisotopic (exact) mass is 450 g/mol. The van der Waals surface area contributed by atoms with E-state index in [1.807, 2.05) is 32.9 Å². The molecule has 0 aliphatic carbocycles. The number of anilines is 1. The number of carbonyl (C=O) groups excluding carboxylic acids is 1. The van der Waals surface area contributed by atoms with Crippen LogP contribution in [-0.4, -0.2) is 26.1 Å². The second kappa shape index (κ2) is 11.2. The van der Waals surface area contributed by atoms with Crippen molar-refractivity contribution >= 4 is 33.4 Å². The molecule has 0 saturated heterocycles. The Bertz CT molecular complexity index is 914. The minimum absolute atomic E-state index is 0.125. The number of benzene rings is 1. The zero-order valence-corrected chi connectivity index (χ0v) is 20.3. The molecule has 30 heavy (non-hydrogen) atoms. The van der Waals surface area contributed by atoms with E-state index in [0.717, 1.165) is 36.3 Å². The van der Waals surface area contributed by atoms with E-state index >= 15 is 0 Å². The molecule has 0 aromatic heterocycles. The van der Waals surface area contributed by atoms with Gasteiger partial charge in [0.25, 0.3) is 5.91 Å². The molecular weight excluding hydrogens is 416 g/mol. The lowest BCUT2D eigenvalue weighted by molar-refractivity contribution is -0.112. The van der Waals surface area contributed by atoms with Gasteiger partial charge in [-0.25, -0.2) is 13.1 Å². The van der Waals surface area contributed by atoms with Crippen LogP contribution in [0.4, 0.5) is 5.69 Å². The van der Waals surface area contributed by atoms with Gasteiger partial charge in [0.2, 0.25) is 10.0 Å². The molecule has 2 rings (SSSR count). The normalized spacial score (nSPS) is 15.5. The van der Waals surface area contributed by atoms with Crippen molar-refractivity contribution in [3.05, 3.63) is 46.4 Å². The molecule has 2 N–H and O–H groups in total. The maximum atomic E-state index is 12.9. The minimum atomic E-state index is -3.62. The Morgan fingerprint density at radius 1 is 1.17 bits per heavy atom. The van der Waals surface area contributed by atoms with Crippen molar-refractivity contribution in [1.29, 1.82) is 0 Å². The van der Waals surface area contributed by atoms with E-state index in [2.05, 4.69) is 23.9 Å². The van der Waals surface area contributed by atoms with Gasteiger partial charge in [-0.05, 0) is 68.2 Å². The Morgan fingerprint density at radius 2 is 1.83 bits per heavy atom. The van der Waals surface area contributed by atoms with Crippen molar-refractivity contribution in [2.24, 2.45) is 5.92 Å². The van der Waals surface area contributed by atoms with Crippen molar-refractivity contribution in [2.75, 3.05) is 11.1 Å². The lowest BCUT2D eigenvalue weighted by atomic mass is 9.92. The smallest absolute Gasteiger partial charge is 0.256 e. The van der Waals surface area contributed by atoms with Crippen LogP contribution in [0.1, 0.15) is 58.9 Å².